The summed E-state index contributed by atoms with van der Waals surface area (Å²) in [4.78, 5) is 11.3. The fraction of sp³-hybridized carbons (Fsp3) is 0.500. The summed E-state index contributed by atoms with van der Waals surface area (Å²) in [5, 5.41) is 1.32. The maximum atomic E-state index is 11.3. The molecule has 0 atom stereocenters. The molecule has 0 unspecified atom stereocenters. The molecule has 0 aliphatic carbocycles. The second kappa shape index (κ2) is 7.30. The lowest BCUT2D eigenvalue weighted by Gasteiger charge is -2.08. The summed E-state index contributed by atoms with van der Waals surface area (Å²) < 4.78 is 7.30. The molecular formula is C18H25NO2. The molecule has 0 fully saturated rings. The number of ether oxygens (including phenoxy) is 1. The maximum Gasteiger partial charge on any atom is 0.305 e. The van der Waals surface area contributed by atoms with Crippen molar-refractivity contribution in [2.45, 2.75) is 53.0 Å². The number of carbonyl (C=O) groups excluding carboxylic acids is 1. The summed E-state index contributed by atoms with van der Waals surface area (Å²) in [6.45, 7) is 7.61. The van der Waals surface area contributed by atoms with Crippen LogP contribution in [-0.2, 0) is 22.5 Å². The number of nitrogens with zero attached hydrogens (tertiary/aromatic N) is 1. The topological polar surface area (TPSA) is 31.2 Å². The highest BCUT2D eigenvalue weighted by atomic mass is 16.5. The van der Waals surface area contributed by atoms with E-state index in [0.717, 1.165) is 25.8 Å². The van der Waals surface area contributed by atoms with Gasteiger partial charge in [0.2, 0.25) is 0 Å². The molecule has 0 bridgehead atoms. The van der Waals surface area contributed by atoms with Crippen LogP contribution in [0.2, 0.25) is 0 Å². The number of esters is 1. The molecule has 1 heterocycles. The summed E-state index contributed by atoms with van der Waals surface area (Å²) in [6.07, 6.45) is 3.47. The van der Waals surface area contributed by atoms with Crippen molar-refractivity contribution in [2.24, 2.45) is 0 Å². The van der Waals surface area contributed by atoms with Gasteiger partial charge in [0, 0.05) is 29.6 Å². The van der Waals surface area contributed by atoms with Crippen LogP contribution in [0.15, 0.2) is 24.3 Å². The van der Waals surface area contributed by atoms with Crippen LogP contribution in [0.5, 0.6) is 0 Å². The zero-order valence-electron chi connectivity index (χ0n) is 13.3. The van der Waals surface area contributed by atoms with E-state index in [1.165, 1.54) is 22.2 Å². The number of hydrogen-bond acceptors (Lipinski definition) is 2. The highest BCUT2D eigenvalue weighted by Gasteiger charge is 2.07. The lowest BCUT2D eigenvalue weighted by atomic mass is 10.1. The summed E-state index contributed by atoms with van der Waals surface area (Å²) in [7, 11) is 0. The third-order valence-corrected chi connectivity index (χ3v) is 3.90. The Balaban J connectivity index is 1.98. The first-order chi connectivity index (χ1) is 10.2. The molecule has 0 saturated carbocycles. The molecule has 0 saturated heterocycles. The van der Waals surface area contributed by atoms with Crippen molar-refractivity contribution < 1.29 is 9.53 Å². The van der Waals surface area contributed by atoms with Crippen molar-refractivity contribution in [3.05, 3.63) is 35.5 Å². The normalized spacial score (nSPS) is 11.0. The predicted octanol–water partition coefficient (Wildman–Crippen LogP) is 4.25. The summed E-state index contributed by atoms with van der Waals surface area (Å²) >= 11 is 0. The zero-order valence-corrected chi connectivity index (χ0v) is 13.3. The van der Waals surface area contributed by atoms with Gasteiger partial charge in [0.1, 0.15) is 0 Å². The molecule has 2 rings (SSSR count). The van der Waals surface area contributed by atoms with E-state index in [-0.39, 0.29) is 5.97 Å². The Hall–Kier alpha value is -1.77. The van der Waals surface area contributed by atoms with Crippen LogP contribution < -0.4 is 0 Å². The van der Waals surface area contributed by atoms with E-state index in [2.05, 4.69) is 42.7 Å². The third-order valence-electron chi connectivity index (χ3n) is 3.90. The number of rotatable bonds is 7. The Kier molecular flexibility index (Phi) is 5.43. The van der Waals surface area contributed by atoms with Crippen LogP contribution in [0, 0.1) is 6.92 Å². The van der Waals surface area contributed by atoms with Crippen LogP contribution in [-0.4, -0.2) is 17.1 Å². The first-order valence-corrected chi connectivity index (χ1v) is 7.90. The lowest BCUT2D eigenvalue weighted by Crippen LogP contribution is -2.05. The quantitative estimate of drug-likeness (QED) is 0.563. The number of hydrogen-bond donors (Lipinski definition) is 0. The number of unbranched alkanes of at least 4 members (excludes halogenated alkanes) is 1. The molecule has 0 N–H and O–H groups in total. The molecule has 0 radical (unpaired) electrons. The van der Waals surface area contributed by atoms with Gasteiger partial charge in [-0.15, -0.1) is 0 Å². The first-order valence-electron chi connectivity index (χ1n) is 7.90. The van der Waals surface area contributed by atoms with E-state index in [4.69, 9.17) is 4.74 Å². The van der Waals surface area contributed by atoms with Gasteiger partial charge in [-0.2, -0.15) is 0 Å². The van der Waals surface area contributed by atoms with Gasteiger partial charge in [-0.05, 0) is 56.9 Å². The van der Waals surface area contributed by atoms with Gasteiger partial charge in [-0.1, -0.05) is 13.0 Å². The largest absolute Gasteiger partial charge is 0.466 e. The number of benzene rings is 1. The van der Waals surface area contributed by atoms with Crippen LogP contribution in [0.1, 0.15) is 44.4 Å². The fourth-order valence-electron chi connectivity index (χ4n) is 2.75. The van der Waals surface area contributed by atoms with E-state index in [1.807, 2.05) is 6.92 Å². The lowest BCUT2D eigenvalue weighted by molar-refractivity contribution is -0.143. The zero-order chi connectivity index (χ0) is 15.2. The number of aryl methyl sites for hydroxylation is 3. The number of aromatic nitrogens is 1. The summed E-state index contributed by atoms with van der Waals surface area (Å²) in [5.74, 6) is -0.0841. The van der Waals surface area contributed by atoms with Gasteiger partial charge in [0.05, 0.1) is 6.61 Å². The SMILES string of the molecule is CCOC(=O)CCCCn1c(C)cc2cc(CC)ccc21. The second-order valence-corrected chi connectivity index (χ2v) is 5.45. The molecule has 114 valence electrons. The van der Waals surface area contributed by atoms with E-state index in [0.29, 0.717) is 13.0 Å². The van der Waals surface area contributed by atoms with E-state index < -0.39 is 0 Å². The van der Waals surface area contributed by atoms with Crippen molar-refractivity contribution in [1.82, 2.24) is 4.57 Å². The van der Waals surface area contributed by atoms with Gasteiger partial charge in [0.15, 0.2) is 0 Å². The van der Waals surface area contributed by atoms with E-state index >= 15 is 0 Å². The summed E-state index contributed by atoms with van der Waals surface area (Å²) in [6, 6.07) is 8.95. The Morgan fingerprint density at radius 3 is 2.71 bits per heavy atom. The predicted molar refractivity (Wildman–Crippen MR) is 86.5 cm³/mol. The highest BCUT2D eigenvalue weighted by Crippen LogP contribution is 2.22. The van der Waals surface area contributed by atoms with E-state index in [9.17, 15) is 4.79 Å². The average Bonchev–Trinajstić information content (AvgIpc) is 2.78. The van der Waals surface area contributed by atoms with Crippen LogP contribution >= 0.6 is 0 Å². The smallest absolute Gasteiger partial charge is 0.305 e. The Bertz CT molecular complexity index is 613. The van der Waals surface area contributed by atoms with Crippen molar-refractivity contribution in [3.8, 4) is 0 Å². The van der Waals surface area contributed by atoms with Crippen LogP contribution in [0.3, 0.4) is 0 Å². The summed E-state index contributed by atoms with van der Waals surface area (Å²) in [5.41, 5.74) is 3.96. The van der Waals surface area contributed by atoms with Gasteiger partial charge in [0.25, 0.3) is 0 Å². The molecule has 0 spiro atoms. The van der Waals surface area contributed by atoms with Gasteiger partial charge in [-0.25, -0.2) is 0 Å². The molecule has 2 aromatic rings. The second-order valence-electron chi connectivity index (χ2n) is 5.45. The fourth-order valence-corrected chi connectivity index (χ4v) is 2.75. The molecule has 1 aromatic carbocycles. The number of fused-ring (bicyclic) bond motifs is 1. The van der Waals surface area contributed by atoms with Crippen molar-refractivity contribution >= 4 is 16.9 Å². The molecule has 1 aromatic heterocycles. The standard InChI is InChI=1S/C18H25NO2/c1-4-15-9-10-17-16(13-15)12-14(3)19(17)11-7-6-8-18(20)21-5-2/h9-10,12-13H,4-8,11H2,1-3H3. The molecule has 0 aliphatic rings. The minimum atomic E-state index is -0.0841. The van der Waals surface area contributed by atoms with Gasteiger partial charge in [-0.3, -0.25) is 4.79 Å². The Labute approximate surface area is 126 Å². The maximum absolute atomic E-state index is 11.3. The Morgan fingerprint density at radius 1 is 1.19 bits per heavy atom. The van der Waals surface area contributed by atoms with Crippen molar-refractivity contribution in [2.75, 3.05) is 6.61 Å². The van der Waals surface area contributed by atoms with Crippen LogP contribution in [0.25, 0.3) is 10.9 Å². The molecule has 21 heavy (non-hydrogen) atoms. The monoisotopic (exact) mass is 287 g/mol. The van der Waals surface area contributed by atoms with Gasteiger partial charge >= 0.3 is 5.97 Å². The minimum absolute atomic E-state index is 0.0841. The van der Waals surface area contributed by atoms with Crippen molar-refractivity contribution in [3.63, 3.8) is 0 Å². The minimum Gasteiger partial charge on any atom is -0.466 e. The van der Waals surface area contributed by atoms with Crippen molar-refractivity contribution in [1.29, 1.82) is 0 Å². The van der Waals surface area contributed by atoms with E-state index in [1.54, 1.807) is 0 Å². The molecule has 3 nitrogen and oxygen atoms in total. The first kappa shape index (κ1) is 15.6. The number of carbonyl (C=O) groups is 1. The third kappa shape index (κ3) is 3.87. The molecule has 0 amide bonds. The van der Waals surface area contributed by atoms with Crippen LogP contribution in [0.4, 0.5) is 0 Å². The van der Waals surface area contributed by atoms with Gasteiger partial charge < -0.3 is 9.30 Å². The molecule has 3 heteroatoms. The highest BCUT2D eigenvalue weighted by molar-refractivity contribution is 5.82. The average molecular weight is 287 g/mol. The molecule has 0 aliphatic heterocycles. The Morgan fingerprint density at radius 2 is 2.00 bits per heavy atom. The molecular weight excluding hydrogens is 262 g/mol.